The second kappa shape index (κ2) is 11.6. The predicted molar refractivity (Wildman–Crippen MR) is 138 cm³/mol. The molecule has 3 unspecified atom stereocenters. The quantitative estimate of drug-likeness (QED) is 0.242. The lowest BCUT2D eigenvalue weighted by Crippen LogP contribution is -2.43. The van der Waals surface area contributed by atoms with Gasteiger partial charge in [-0.15, -0.1) is 13.2 Å². The van der Waals surface area contributed by atoms with Crippen LogP contribution in [0, 0.1) is 11.8 Å². The highest BCUT2D eigenvalue weighted by Gasteiger charge is 2.40. The summed E-state index contributed by atoms with van der Waals surface area (Å²) in [7, 11) is 0. The van der Waals surface area contributed by atoms with Crippen LogP contribution >= 0.6 is 11.9 Å². The minimum absolute atomic E-state index is 0.0328. The summed E-state index contributed by atoms with van der Waals surface area (Å²) in [5.41, 5.74) is 2.94. The molecule has 3 N–H and O–H groups in total. The first-order valence-corrected chi connectivity index (χ1v) is 13.2. The molecule has 12 heteroatoms. The Kier molecular flexibility index (Phi) is 8.03. The van der Waals surface area contributed by atoms with E-state index in [-0.39, 0.29) is 30.3 Å². The summed E-state index contributed by atoms with van der Waals surface area (Å²) in [5, 5.41) is 13.4. The van der Waals surface area contributed by atoms with Gasteiger partial charge in [-0.05, 0) is 78.6 Å². The number of esters is 1. The number of hydrogen-bond donors (Lipinski definition) is 2. The zero-order chi connectivity index (χ0) is 27.4. The molecule has 0 saturated heterocycles. The largest absolute Gasteiger partial charge is 0.573 e. The number of carbonyl (C=O) groups excluding carboxylic acids is 1. The van der Waals surface area contributed by atoms with Gasteiger partial charge in [-0.1, -0.05) is 29.4 Å². The molecule has 0 bridgehead atoms. The first-order chi connectivity index (χ1) is 18.8. The number of ether oxygens (including phenoxy) is 3. The number of halogens is 3. The Balaban J connectivity index is 1.23. The van der Waals surface area contributed by atoms with Gasteiger partial charge < -0.3 is 24.1 Å². The fourth-order valence-electron chi connectivity index (χ4n) is 4.99. The molecule has 0 spiro atoms. The van der Waals surface area contributed by atoms with Crippen molar-refractivity contribution in [2.75, 3.05) is 11.9 Å². The van der Waals surface area contributed by atoms with Crippen molar-refractivity contribution in [3.63, 3.8) is 0 Å². The maximum Gasteiger partial charge on any atom is 0.573 e. The van der Waals surface area contributed by atoms with Crippen molar-refractivity contribution in [1.29, 1.82) is 0 Å². The average Bonchev–Trinajstić information content (AvgIpc) is 3.39. The van der Waals surface area contributed by atoms with Crippen molar-refractivity contribution in [3.05, 3.63) is 71.5 Å². The summed E-state index contributed by atoms with van der Waals surface area (Å²) < 4.78 is 57.6. The van der Waals surface area contributed by atoms with E-state index in [9.17, 15) is 18.0 Å². The molecule has 1 saturated carbocycles. The third-order valence-electron chi connectivity index (χ3n) is 6.77. The van der Waals surface area contributed by atoms with E-state index in [0.717, 1.165) is 35.2 Å². The van der Waals surface area contributed by atoms with E-state index in [0.29, 0.717) is 36.0 Å². The van der Waals surface area contributed by atoms with E-state index in [2.05, 4.69) is 21.3 Å². The summed E-state index contributed by atoms with van der Waals surface area (Å²) in [4.78, 5) is 13.1. The molecule has 2 heterocycles. The van der Waals surface area contributed by atoms with Gasteiger partial charge in [0.05, 0.1) is 18.6 Å². The number of nitrogens with zero attached hydrogens (tertiary/aromatic N) is 1. The number of nitrogens with two attached hydrogens (primary N) is 1. The van der Waals surface area contributed by atoms with Crippen LogP contribution in [0.15, 0.2) is 69.7 Å². The Hall–Kier alpha value is -3.64. The minimum Gasteiger partial charge on any atom is -0.494 e. The lowest BCUT2D eigenvalue weighted by atomic mass is 9.71. The zero-order valence-electron chi connectivity index (χ0n) is 20.6. The van der Waals surface area contributed by atoms with Gasteiger partial charge in [0.2, 0.25) is 0 Å². The summed E-state index contributed by atoms with van der Waals surface area (Å²) in [5.74, 6) is -0.0233. The van der Waals surface area contributed by atoms with Crippen molar-refractivity contribution >= 4 is 29.7 Å². The molecule has 0 amide bonds. The Morgan fingerprint density at radius 3 is 2.64 bits per heavy atom. The van der Waals surface area contributed by atoms with Crippen LogP contribution in [0.25, 0.3) is 6.08 Å². The minimum atomic E-state index is -4.74. The lowest BCUT2D eigenvalue weighted by Gasteiger charge is -2.41. The van der Waals surface area contributed by atoms with E-state index >= 15 is 0 Å². The molecular formula is C27H26F3N3O5S. The SMILES string of the molecule is NSc1cc(COC(=O)C2CCC(CCOc3ccc(OC(F)(F)F)cc3)C3Nc4ccccc4C=C23)on1. The van der Waals surface area contributed by atoms with Crippen LogP contribution in [0.2, 0.25) is 0 Å². The monoisotopic (exact) mass is 561 g/mol. The fourth-order valence-corrected chi connectivity index (χ4v) is 5.27. The Morgan fingerprint density at radius 2 is 1.90 bits per heavy atom. The number of aromatic nitrogens is 1. The van der Waals surface area contributed by atoms with Crippen molar-refractivity contribution in [2.45, 2.75) is 43.3 Å². The summed E-state index contributed by atoms with van der Waals surface area (Å²) in [6.45, 7) is 0.328. The van der Waals surface area contributed by atoms with Gasteiger partial charge in [0.1, 0.15) is 11.5 Å². The second-order valence-corrected chi connectivity index (χ2v) is 9.91. The van der Waals surface area contributed by atoms with E-state index < -0.39 is 12.3 Å². The highest BCUT2D eigenvalue weighted by atomic mass is 32.2. The van der Waals surface area contributed by atoms with Crippen LogP contribution in [0.3, 0.4) is 0 Å². The zero-order valence-corrected chi connectivity index (χ0v) is 21.5. The van der Waals surface area contributed by atoms with Crippen molar-refractivity contribution in [1.82, 2.24) is 5.16 Å². The Morgan fingerprint density at radius 1 is 1.13 bits per heavy atom. The number of alkyl halides is 3. The first-order valence-electron chi connectivity index (χ1n) is 12.3. The number of anilines is 1. The van der Waals surface area contributed by atoms with E-state index in [1.54, 1.807) is 6.07 Å². The van der Waals surface area contributed by atoms with Gasteiger partial charge in [0.15, 0.2) is 17.4 Å². The highest BCUT2D eigenvalue weighted by Crippen LogP contribution is 2.42. The Bertz CT molecular complexity index is 1330. The van der Waals surface area contributed by atoms with E-state index in [1.165, 1.54) is 24.3 Å². The standard InChI is InChI=1S/C27H26F3N3O5S/c28-27(29,30)37-19-8-6-18(7-9-19)35-12-11-16-5-10-21(26(34)36-15-20-14-24(39-31)33-38-20)22-13-17-3-1-2-4-23(17)32-25(16)22/h1-4,6-9,13-14,16,21,25,32H,5,10-12,15,31H2. The maximum atomic E-state index is 13.1. The number of carbonyl (C=O) groups is 1. The van der Waals surface area contributed by atoms with Crippen molar-refractivity contribution in [3.8, 4) is 11.5 Å². The number of benzene rings is 2. The van der Waals surface area contributed by atoms with Gasteiger partial charge in [-0.2, -0.15) is 0 Å². The summed E-state index contributed by atoms with van der Waals surface area (Å²) in [6, 6.07) is 14.7. The summed E-state index contributed by atoms with van der Waals surface area (Å²) >= 11 is 0.948. The number of rotatable bonds is 9. The number of para-hydroxylation sites is 1. The third kappa shape index (κ3) is 6.69. The van der Waals surface area contributed by atoms with Crippen LogP contribution in [-0.4, -0.2) is 30.1 Å². The van der Waals surface area contributed by atoms with Crippen molar-refractivity contribution in [2.24, 2.45) is 17.0 Å². The molecule has 5 rings (SSSR count). The molecule has 1 aliphatic carbocycles. The second-order valence-electron chi connectivity index (χ2n) is 9.26. The molecule has 3 aromatic rings. The number of hydrogen-bond acceptors (Lipinski definition) is 9. The molecule has 206 valence electrons. The van der Waals surface area contributed by atoms with Crippen molar-refractivity contribution < 1.29 is 36.7 Å². The topological polar surface area (TPSA) is 109 Å². The fraction of sp³-hybridized carbons (Fsp3) is 0.333. The first kappa shape index (κ1) is 26.9. The van der Waals surface area contributed by atoms with E-state index in [4.69, 9.17) is 19.1 Å². The molecule has 39 heavy (non-hydrogen) atoms. The molecule has 0 radical (unpaired) electrons. The van der Waals surface area contributed by atoms with Crippen LogP contribution in [-0.2, 0) is 16.1 Å². The molecular weight excluding hydrogens is 535 g/mol. The van der Waals surface area contributed by atoms with Gasteiger partial charge >= 0.3 is 12.3 Å². The van der Waals surface area contributed by atoms with Gasteiger partial charge in [0.25, 0.3) is 0 Å². The molecule has 3 atom stereocenters. The average molecular weight is 562 g/mol. The number of fused-ring (bicyclic) bond motifs is 2. The predicted octanol–water partition coefficient (Wildman–Crippen LogP) is 5.96. The van der Waals surface area contributed by atoms with Crippen LogP contribution < -0.4 is 19.9 Å². The third-order valence-corrected chi connectivity index (χ3v) is 7.20. The van der Waals surface area contributed by atoms with E-state index in [1.807, 2.05) is 24.3 Å². The normalized spacial score (nSPS) is 20.2. The molecule has 2 aromatic carbocycles. The maximum absolute atomic E-state index is 13.1. The van der Waals surface area contributed by atoms with Crippen LogP contribution in [0.1, 0.15) is 30.6 Å². The van der Waals surface area contributed by atoms with Gasteiger partial charge in [-0.25, -0.2) is 0 Å². The molecule has 1 aliphatic heterocycles. The van der Waals surface area contributed by atoms with Gasteiger partial charge in [0, 0.05) is 11.8 Å². The smallest absolute Gasteiger partial charge is 0.494 e. The van der Waals surface area contributed by atoms with Gasteiger partial charge in [-0.3, -0.25) is 9.93 Å². The van der Waals surface area contributed by atoms with Crippen LogP contribution in [0.5, 0.6) is 11.5 Å². The Labute approximate surface area is 226 Å². The summed E-state index contributed by atoms with van der Waals surface area (Å²) in [6.07, 6.45) is -0.633. The highest BCUT2D eigenvalue weighted by molar-refractivity contribution is 7.97. The van der Waals surface area contributed by atoms with Crippen LogP contribution in [0.4, 0.5) is 18.9 Å². The molecule has 1 aromatic heterocycles. The molecule has 8 nitrogen and oxygen atoms in total. The molecule has 1 fully saturated rings. The number of nitrogens with one attached hydrogen (secondary N) is 1. The lowest BCUT2D eigenvalue weighted by molar-refractivity contribution is -0.274. The molecule has 2 aliphatic rings.